The second-order valence-electron chi connectivity index (χ2n) is 4.60. The topological polar surface area (TPSA) is 43.1 Å². The van der Waals surface area contributed by atoms with Crippen molar-refractivity contribution in [2.24, 2.45) is 0 Å². The summed E-state index contributed by atoms with van der Waals surface area (Å²) >= 11 is 0. The molecule has 2 aromatic rings. The van der Waals surface area contributed by atoms with Gasteiger partial charge >= 0.3 is 12.4 Å². The molecule has 0 radical (unpaired) electrons. The normalized spacial score (nSPS) is 12.3. The van der Waals surface area contributed by atoms with Gasteiger partial charge in [-0.3, -0.25) is 10.1 Å². The molecule has 0 saturated heterocycles. The first-order chi connectivity index (χ1) is 10.5. The van der Waals surface area contributed by atoms with E-state index in [1.54, 1.807) is 0 Å². The van der Waals surface area contributed by atoms with Gasteiger partial charge in [0, 0.05) is 12.1 Å². The molecule has 0 aromatic heterocycles. The van der Waals surface area contributed by atoms with E-state index in [4.69, 9.17) is 0 Å². The molecule has 2 rings (SSSR count). The number of rotatable bonds is 2. The molecule has 0 spiro atoms. The summed E-state index contributed by atoms with van der Waals surface area (Å²) in [7, 11) is 0. The van der Waals surface area contributed by atoms with E-state index in [-0.39, 0.29) is 11.6 Å². The summed E-state index contributed by atoms with van der Waals surface area (Å²) in [4.78, 5) is 9.89. The summed E-state index contributed by atoms with van der Waals surface area (Å²) in [6, 6.07) is 5.42. The molecule has 0 unspecified atom stereocenters. The van der Waals surface area contributed by atoms with Gasteiger partial charge in [-0.1, -0.05) is 12.1 Å². The summed E-state index contributed by atoms with van der Waals surface area (Å²) in [5, 5.41) is 10.7. The Balaban J connectivity index is 2.67. The molecule has 0 atom stereocenters. The average Bonchev–Trinajstić information content (AvgIpc) is 2.45. The van der Waals surface area contributed by atoms with Crippen molar-refractivity contribution in [2.45, 2.75) is 12.4 Å². The monoisotopic (exact) mass is 335 g/mol. The van der Waals surface area contributed by atoms with Crippen molar-refractivity contribution in [3.05, 3.63) is 63.7 Å². The molecule has 0 aliphatic heterocycles. The van der Waals surface area contributed by atoms with Crippen LogP contribution in [0.15, 0.2) is 42.5 Å². The summed E-state index contributed by atoms with van der Waals surface area (Å²) in [5.41, 5.74) is -3.91. The lowest BCUT2D eigenvalue weighted by molar-refractivity contribution is -0.384. The lowest BCUT2D eigenvalue weighted by atomic mass is 9.99. The smallest absolute Gasteiger partial charge is 0.258 e. The second kappa shape index (κ2) is 5.56. The highest BCUT2D eigenvalue weighted by molar-refractivity contribution is 5.68. The Bertz CT molecular complexity index is 719. The minimum Gasteiger partial charge on any atom is -0.258 e. The zero-order valence-electron chi connectivity index (χ0n) is 11.1. The first-order valence-corrected chi connectivity index (χ1v) is 6.03. The van der Waals surface area contributed by atoms with Gasteiger partial charge in [0.05, 0.1) is 16.1 Å². The van der Waals surface area contributed by atoms with Gasteiger partial charge in [-0.05, 0) is 29.3 Å². The van der Waals surface area contributed by atoms with Crippen LogP contribution in [0.25, 0.3) is 11.1 Å². The fraction of sp³-hybridized carbons (Fsp3) is 0.143. The molecule has 0 bridgehead atoms. The number of benzene rings is 2. The van der Waals surface area contributed by atoms with Crippen LogP contribution in [0.3, 0.4) is 0 Å². The highest BCUT2D eigenvalue weighted by atomic mass is 19.4. The van der Waals surface area contributed by atoms with Crippen molar-refractivity contribution in [1.82, 2.24) is 0 Å². The summed E-state index contributed by atoms with van der Waals surface area (Å²) in [6.07, 6.45) is -9.95. The SMILES string of the molecule is O=[N+]([O-])c1cccc(-c2cc(C(F)(F)F)cc(C(F)(F)F)c2)c1. The van der Waals surface area contributed by atoms with Crippen LogP contribution in [-0.2, 0) is 12.4 Å². The number of non-ortho nitro benzene ring substituents is 1. The van der Waals surface area contributed by atoms with E-state index in [0.29, 0.717) is 12.1 Å². The van der Waals surface area contributed by atoms with Crippen LogP contribution in [0.5, 0.6) is 0 Å². The van der Waals surface area contributed by atoms with Gasteiger partial charge < -0.3 is 0 Å². The van der Waals surface area contributed by atoms with Gasteiger partial charge in [0.15, 0.2) is 0 Å². The molecule has 9 heteroatoms. The number of nitro groups is 1. The van der Waals surface area contributed by atoms with E-state index in [0.717, 1.165) is 12.1 Å². The standard InChI is InChI=1S/C14H7F6NO2/c15-13(16,17)10-4-9(5-11(7-10)14(18,19)20)8-2-1-3-12(6-8)21(22)23/h1-7H. The van der Waals surface area contributed by atoms with Gasteiger partial charge in [-0.25, -0.2) is 0 Å². The fourth-order valence-corrected chi connectivity index (χ4v) is 1.92. The average molecular weight is 335 g/mol. The molecule has 2 aromatic carbocycles. The van der Waals surface area contributed by atoms with Gasteiger partial charge in [0.25, 0.3) is 5.69 Å². The van der Waals surface area contributed by atoms with Gasteiger partial charge in [0.1, 0.15) is 0 Å². The zero-order valence-corrected chi connectivity index (χ0v) is 11.1. The molecule has 0 heterocycles. The first-order valence-electron chi connectivity index (χ1n) is 6.03. The number of hydrogen-bond acceptors (Lipinski definition) is 2. The van der Waals surface area contributed by atoms with E-state index in [1.807, 2.05) is 0 Å². The number of nitrogens with zero attached hydrogens (tertiary/aromatic N) is 1. The van der Waals surface area contributed by atoms with Gasteiger partial charge in [0.2, 0.25) is 0 Å². The predicted octanol–water partition coefficient (Wildman–Crippen LogP) is 5.30. The maximum atomic E-state index is 12.8. The maximum Gasteiger partial charge on any atom is 0.416 e. The van der Waals surface area contributed by atoms with Crippen LogP contribution in [0.1, 0.15) is 11.1 Å². The Hall–Kier alpha value is -2.58. The number of hydrogen-bond donors (Lipinski definition) is 0. The van der Waals surface area contributed by atoms with Crippen LogP contribution in [-0.4, -0.2) is 4.92 Å². The summed E-state index contributed by atoms with van der Waals surface area (Å²) in [5.74, 6) is 0. The lowest BCUT2D eigenvalue weighted by Crippen LogP contribution is -2.11. The van der Waals surface area contributed by atoms with Crippen LogP contribution >= 0.6 is 0 Å². The summed E-state index contributed by atoms with van der Waals surface area (Å²) < 4.78 is 76.7. The van der Waals surface area contributed by atoms with Crippen LogP contribution in [0, 0.1) is 10.1 Å². The molecule has 0 amide bonds. The minimum absolute atomic E-state index is 0.000846. The summed E-state index contributed by atoms with van der Waals surface area (Å²) in [6.45, 7) is 0. The van der Waals surface area contributed by atoms with Gasteiger partial charge in [-0.2, -0.15) is 26.3 Å². The molecule has 0 N–H and O–H groups in total. The van der Waals surface area contributed by atoms with E-state index in [1.165, 1.54) is 12.1 Å². The predicted molar refractivity (Wildman–Crippen MR) is 68.5 cm³/mol. The van der Waals surface area contributed by atoms with E-state index in [2.05, 4.69) is 0 Å². The van der Waals surface area contributed by atoms with Crippen LogP contribution < -0.4 is 0 Å². The Kier molecular flexibility index (Phi) is 4.06. The molecule has 3 nitrogen and oxygen atoms in total. The highest BCUT2D eigenvalue weighted by Crippen LogP contribution is 2.39. The molecule has 0 aliphatic rings. The third-order valence-corrected chi connectivity index (χ3v) is 2.98. The van der Waals surface area contributed by atoms with E-state index in [9.17, 15) is 36.5 Å². The molecule has 23 heavy (non-hydrogen) atoms. The van der Waals surface area contributed by atoms with Gasteiger partial charge in [-0.15, -0.1) is 0 Å². The van der Waals surface area contributed by atoms with Crippen LogP contribution in [0.4, 0.5) is 32.0 Å². The van der Waals surface area contributed by atoms with Crippen molar-refractivity contribution in [3.63, 3.8) is 0 Å². The third-order valence-electron chi connectivity index (χ3n) is 2.98. The lowest BCUT2D eigenvalue weighted by Gasteiger charge is -2.14. The molecule has 0 aliphatic carbocycles. The Morgan fingerprint density at radius 3 is 1.74 bits per heavy atom. The zero-order chi connectivity index (χ0) is 17.4. The van der Waals surface area contributed by atoms with E-state index < -0.39 is 39.7 Å². The van der Waals surface area contributed by atoms with Crippen LogP contribution in [0.2, 0.25) is 0 Å². The molecular weight excluding hydrogens is 328 g/mol. The fourth-order valence-electron chi connectivity index (χ4n) is 1.92. The van der Waals surface area contributed by atoms with Crippen molar-refractivity contribution >= 4 is 5.69 Å². The number of alkyl halides is 6. The van der Waals surface area contributed by atoms with Crippen molar-refractivity contribution in [2.75, 3.05) is 0 Å². The Morgan fingerprint density at radius 1 is 0.783 bits per heavy atom. The Morgan fingerprint density at radius 2 is 1.30 bits per heavy atom. The van der Waals surface area contributed by atoms with Crippen molar-refractivity contribution < 1.29 is 31.3 Å². The van der Waals surface area contributed by atoms with Crippen molar-refractivity contribution in [3.8, 4) is 11.1 Å². The maximum absolute atomic E-state index is 12.8. The second-order valence-corrected chi connectivity index (χ2v) is 4.60. The molecule has 0 fully saturated rings. The minimum atomic E-state index is -4.98. The Labute approximate surface area is 125 Å². The highest BCUT2D eigenvalue weighted by Gasteiger charge is 2.37. The number of halogens is 6. The van der Waals surface area contributed by atoms with E-state index >= 15 is 0 Å². The molecule has 0 saturated carbocycles. The largest absolute Gasteiger partial charge is 0.416 e. The van der Waals surface area contributed by atoms with Crippen molar-refractivity contribution in [1.29, 1.82) is 0 Å². The quantitative estimate of drug-likeness (QED) is 0.425. The molecular formula is C14H7F6NO2. The number of nitro benzene ring substituents is 1. The first kappa shape index (κ1) is 16.8. The third kappa shape index (κ3) is 3.79. The molecule has 122 valence electrons.